The summed E-state index contributed by atoms with van der Waals surface area (Å²) in [6.45, 7) is 6.47. The van der Waals surface area contributed by atoms with Gasteiger partial charge in [-0.3, -0.25) is 0 Å². The van der Waals surface area contributed by atoms with E-state index in [-0.39, 0.29) is 24.6 Å². The standard InChI is InChI=1S/C19H28N2O2/c1-11(2)15-6-4-5-12(3)17(15)20-19(23)21-18-14-8-7-13(9-14)16(18)10-22/h4-6,11,13-14,16,18,22H,7-10H2,1-3H3,(H2,20,21,23). The Morgan fingerprint density at radius 2 is 2.04 bits per heavy atom. The van der Waals surface area contributed by atoms with E-state index in [0.29, 0.717) is 17.8 Å². The van der Waals surface area contributed by atoms with E-state index < -0.39 is 0 Å². The fourth-order valence-corrected chi connectivity index (χ4v) is 4.54. The minimum absolute atomic E-state index is 0.116. The number of para-hydroxylation sites is 1. The molecule has 4 heteroatoms. The molecule has 2 fully saturated rings. The molecular formula is C19H28N2O2. The number of benzene rings is 1. The fourth-order valence-electron chi connectivity index (χ4n) is 4.54. The summed E-state index contributed by atoms with van der Waals surface area (Å²) in [6, 6.07) is 6.10. The number of rotatable bonds is 4. The molecule has 2 amide bonds. The first-order valence-corrected chi connectivity index (χ1v) is 8.79. The van der Waals surface area contributed by atoms with E-state index in [1.807, 2.05) is 19.1 Å². The van der Waals surface area contributed by atoms with Gasteiger partial charge in [-0.2, -0.15) is 0 Å². The van der Waals surface area contributed by atoms with Crippen LogP contribution >= 0.6 is 0 Å². The van der Waals surface area contributed by atoms with Gasteiger partial charge in [0.1, 0.15) is 0 Å². The Morgan fingerprint density at radius 3 is 2.74 bits per heavy atom. The molecule has 1 aromatic rings. The van der Waals surface area contributed by atoms with Crippen molar-refractivity contribution in [2.75, 3.05) is 11.9 Å². The molecule has 0 saturated heterocycles. The van der Waals surface area contributed by atoms with E-state index in [0.717, 1.165) is 23.2 Å². The Kier molecular flexibility index (Phi) is 4.62. The lowest BCUT2D eigenvalue weighted by Crippen LogP contribution is -2.47. The van der Waals surface area contributed by atoms with Crippen molar-refractivity contribution in [3.63, 3.8) is 0 Å². The van der Waals surface area contributed by atoms with Gasteiger partial charge in [-0.1, -0.05) is 32.0 Å². The van der Waals surface area contributed by atoms with Gasteiger partial charge in [0.15, 0.2) is 0 Å². The number of aryl methyl sites for hydroxylation is 1. The SMILES string of the molecule is Cc1cccc(C(C)C)c1NC(=O)NC1C2CCC(C2)C1CO. The quantitative estimate of drug-likeness (QED) is 0.794. The smallest absolute Gasteiger partial charge is 0.319 e. The van der Waals surface area contributed by atoms with E-state index in [1.54, 1.807) is 0 Å². The van der Waals surface area contributed by atoms with Crippen molar-refractivity contribution in [2.24, 2.45) is 17.8 Å². The lowest BCUT2D eigenvalue weighted by Gasteiger charge is -2.30. The van der Waals surface area contributed by atoms with Gasteiger partial charge < -0.3 is 15.7 Å². The summed E-state index contributed by atoms with van der Waals surface area (Å²) < 4.78 is 0. The van der Waals surface area contributed by atoms with Crippen LogP contribution in [0.5, 0.6) is 0 Å². The van der Waals surface area contributed by atoms with Crippen LogP contribution in [0.25, 0.3) is 0 Å². The minimum Gasteiger partial charge on any atom is -0.396 e. The second kappa shape index (κ2) is 6.52. The van der Waals surface area contributed by atoms with Crippen LogP contribution in [0.2, 0.25) is 0 Å². The van der Waals surface area contributed by atoms with Crippen LogP contribution in [0.4, 0.5) is 10.5 Å². The van der Waals surface area contributed by atoms with Gasteiger partial charge in [0.05, 0.1) is 0 Å². The van der Waals surface area contributed by atoms with Crippen LogP contribution in [0, 0.1) is 24.7 Å². The second-order valence-corrected chi connectivity index (χ2v) is 7.50. The number of anilines is 1. The zero-order valence-corrected chi connectivity index (χ0v) is 14.3. The van der Waals surface area contributed by atoms with Gasteiger partial charge in [-0.15, -0.1) is 0 Å². The number of aliphatic hydroxyl groups excluding tert-OH is 1. The molecule has 0 aromatic heterocycles. The number of urea groups is 1. The number of hydrogen-bond donors (Lipinski definition) is 3. The maximum atomic E-state index is 12.5. The number of carbonyl (C=O) groups is 1. The Hall–Kier alpha value is -1.55. The zero-order valence-electron chi connectivity index (χ0n) is 14.3. The molecule has 2 bridgehead atoms. The van der Waals surface area contributed by atoms with E-state index in [1.165, 1.54) is 12.8 Å². The predicted molar refractivity (Wildman–Crippen MR) is 92.6 cm³/mol. The average Bonchev–Trinajstić information content (AvgIpc) is 3.10. The molecule has 3 rings (SSSR count). The van der Waals surface area contributed by atoms with E-state index in [2.05, 4.69) is 30.5 Å². The van der Waals surface area contributed by atoms with Crippen molar-refractivity contribution in [1.82, 2.24) is 5.32 Å². The molecule has 0 heterocycles. The monoisotopic (exact) mass is 316 g/mol. The number of nitrogens with one attached hydrogen (secondary N) is 2. The highest BCUT2D eigenvalue weighted by Crippen LogP contribution is 2.48. The van der Waals surface area contributed by atoms with Gasteiger partial charge >= 0.3 is 6.03 Å². The average molecular weight is 316 g/mol. The van der Waals surface area contributed by atoms with Crippen molar-refractivity contribution in [1.29, 1.82) is 0 Å². The molecule has 126 valence electrons. The first-order valence-electron chi connectivity index (χ1n) is 8.79. The van der Waals surface area contributed by atoms with Crippen LogP contribution in [0.1, 0.15) is 50.2 Å². The highest BCUT2D eigenvalue weighted by atomic mass is 16.3. The highest BCUT2D eigenvalue weighted by Gasteiger charge is 2.47. The van der Waals surface area contributed by atoms with Crippen LogP contribution in [-0.4, -0.2) is 23.8 Å². The summed E-state index contributed by atoms with van der Waals surface area (Å²) in [5, 5.41) is 15.9. The third kappa shape index (κ3) is 3.09. The van der Waals surface area contributed by atoms with Gasteiger partial charge in [0.25, 0.3) is 0 Å². The van der Waals surface area contributed by atoms with E-state index in [4.69, 9.17) is 0 Å². The zero-order chi connectivity index (χ0) is 16.6. The lowest BCUT2D eigenvalue weighted by molar-refractivity contribution is 0.146. The van der Waals surface area contributed by atoms with E-state index >= 15 is 0 Å². The Labute approximate surface area is 138 Å². The summed E-state index contributed by atoms with van der Waals surface area (Å²) in [5.74, 6) is 1.70. The van der Waals surface area contributed by atoms with Crippen LogP contribution in [0.3, 0.4) is 0 Å². The molecule has 0 spiro atoms. The normalized spacial score (nSPS) is 29.1. The van der Waals surface area contributed by atoms with Crippen molar-refractivity contribution in [2.45, 2.75) is 52.0 Å². The van der Waals surface area contributed by atoms with Gasteiger partial charge in [0, 0.05) is 24.3 Å². The van der Waals surface area contributed by atoms with Crippen molar-refractivity contribution in [3.05, 3.63) is 29.3 Å². The molecule has 1 aromatic carbocycles. The third-order valence-electron chi connectivity index (χ3n) is 5.76. The fraction of sp³-hybridized carbons (Fsp3) is 0.632. The van der Waals surface area contributed by atoms with E-state index in [9.17, 15) is 9.90 Å². The second-order valence-electron chi connectivity index (χ2n) is 7.50. The Balaban J connectivity index is 1.71. The lowest BCUT2D eigenvalue weighted by atomic mass is 9.85. The van der Waals surface area contributed by atoms with Crippen LogP contribution in [0.15, 0.2) is 18.2 Å². The summed E-state index contributed by atoms with van der Waals surface area (Å²) in [7, 11) is 0. The molecule has 2 aliphatic rings. The summed E-state index contributed by atoms with van der Waals surface area (Å²) in [6.07, 6.45) is 3.52. The highest BCUT2D eigenvalue weighted by molar-refractivity contribution is 5.91. The predicted octanol–water partition coefficient (Wildman–Crippen LogP) is 3.65. The van der Waals surface area contributed by atoms with Crippen LogP contribution in [-0.2, 0) is 0 Å². The van der Waals surface area contributed by atoms with Gasteiger partial charge in [-0.05, 0) is 55.1 Å². The number of aliphatic hydroxyl groups is 1. The molecule has 23 heavy (non-hydrogen) atoms. The number of hydrogen-bond acceptors (Lipinski definition) is 2. The Morgan fingerprint density at radius 1 is 1.30 bits per heavy atom. The Bertz CT molecular complexity index is 585. The molecule has 4 nitrogen and oxygen atoms in total. The summed E-state index contributed by atoms with van der Waals surface area (Å²) in [5.41, 5.74) is 3.16. The van der Waals surface area contributed by atoms with Crippen molar-refractivity contribution in [3.8, 4) is 0 Å². The minimum atomic E-state index is -0.141. The van der Waals surface area contributed by atoms with Crippen molar-refractivity contribution >= 4 is 11.7 Å². The molecule has 0 aliphatic heterocycles. The first-order chi connectivity index (χ1) is 11.0. The van der Waals surface area contributed by atoms with Crippen LogP contribution < -0.4 is 10.6 Å². The van der Waals surface area contributed by atoms with Gasteiger partial charge in [-0.25, -0.2) is 4.79 Å². The number of amides is 2. The molecule has 2 saturated carbocycles. The maximum Gasteiger partial charge on any atom is 0.319 e. The molecule has 0 radical (unpaired) electrons. The number of fused-ring (bicyclic) bond motifs is 2. The molecule has 3 N–H and O–H groups in total. The topological polar surface area (TPSA) is 61.4 Å². The maximum absolute atomic E-state index is 12.5. The summed E-state index contributed by atoms with van der Waals surface area (Å²) >= 11 is 0. The van der Waals surface area contributed by atoms with Gasteiger partial charge in [0.2, 0.25) is 0 Å². The molecule has 4 unspecified atom stereocenters. The molecular weight excluding hydrogens is 288 g/mol. The molecule has 4 atom stereocenters. The molecule has 2 aliphatic carbocycles. The first kappa shape index (κ1) is 16.3. The number of carbonyl (C=O) groups excluding carboxylic acids is 1. The van der Waals surface area contributed by atoms with Crippen molar-refractivity contribution < 1.29 is 9.90 Å². The third-order valence-corrected chi connectivity index (χ3v) is 5.76. The largest absolute Gasteiger partial charge is 0.396 e. The summed E-state index contributed by atoms with van der Waals surface area (Å²) in [4.78, 5) is 12.5.